The first-order chi connectivity index (χ1) is 11.8. The molecule has 7 nitrogen and oxygen atoms in total. The Morgan fingerprint density at radius 2 is 2.25 bits per heavy atom. The third-order valence-electron chi connectivity index (χ3n) is 4.09. The maximum atomic E-state index is 12.6. The molecule has 0 saturated carbocycles. The lowest BCUT2D eigenvalue weighted by molar-refractivity contribution is 0.0723. The second kappa shape index (κ2) is 6.48. The Morgan fingerprint density at radius 3 is 3.04 bits per heavy atom. The van der Waals surface area contributed by atoms with Crippen LogP contribution in [0.5, 0.6) is 0 Å². The van der Waals surface area contributed by atoms with E-state index in [9.17, 15) is 4.79 Å². The lowest BCUT2D eigenvalue weighted by Crippen LogP contribution is -2.38. The third kappa shape index (κ3) is 2.92. The number of tetrazole rings is 1. The van der Waals surface area contributed by atoms with Crippen molar-refractivity contribution in [2.75, 3.05) is 6.54 Å². The standard InChI is InChI=1S/C16H16N6OS/c23-16(14-7-4-10-24-14)21-9-3-5-12(21)11-22-19-15(18-20-22)13-6-1-2-8-17-13/h1-2,4,6-8,10,12H,3,5,9,11H2/t12-/m0/s1. The minimum absolute atomic E-state index is 0.0950. The summed E-state index contributed by atoms with van der Waals surface area (Å²) in [6, 6.07) is 9.47. The van der Waals surface area contributed by atoms with Crippen LogP contribution in [-0.4, -0.2) is 48.6 Å². The van der Waals surface area contributed by atoms with E-state index in [4.69, 9.17) is 0 Å². The van der Waals surface area contributed by atoms with Crippen LogP contribution in [0.25, 0.3) is 11.5 Å². The number of rotatable bonds is 4. The van der Waals surface area contributed by atoms with Crippen molar-refractivity contribution in [2.45, 2.75) is 25.4 Å². The fourth-order valence-electron chi connectivity index (χ4n) is 2.94. The summed E-state index contributed by atoms with van der Waals surface area (Å²) in [4.78, 5) is 21.1. The zero-order valence-electron chi connectivity index (χ0n) is 12.9. The molecule has 0 N–H and O–H groups in total. The van der Waals surface area contributed by atoms with E-state index in [1.54, 1.807) is 11.0 Å². The van der Waals surface area contributed by atoms with Gasteiger partial charge < -0.3 is 4.90 Å². The Balaban J connectivity index is 1.49. The number of nitrogens with zero attached hydrogens (tertiary/aromatic N) is 6. The van der Waals surface area contributed by atoms with Crippen molar-refractivity contribution >= 4 is 17.2 Å². The SMILES string of the molecule is O=C(c1cccs1)N1CCC[C@H]1Cn1nnc(-c2ccccn2)n1. The van der Waals surface area contributed by atoms with E-state index in [1.807, 2.05) is 40.6 Å². The molecule has 1 aliphatic rings. The van der Waals surface area contributed by atoms with E-state index in [0.29, 0.717) is 18.1 Å². The number of aromatic nitrogens is 5. The number of pyridine rings is 1. The van der Waals surface area contributed by atoms with Crippen molar-refractivity contribution in [1.82, 2.24) is 30.1 Å². The second-order valence-electron chi connectivity index (χ2n) is 5.65. The average molecular weight is 340 g/mol. The van der Waals surface area contributed by atoms with E-state index < -0.39 is 0 Å². The van der Waals surface area contributed by atoms with Crippen molar-refractivity contribution in [3.8, 4) is 11.5 Å². The van der Waals surface area contributed by atoms with Crippen LogP contribution in [0.4, 0.5) is 0 Å². The molecule has 0 bridgehead atoms. The van der Waals surface area contributed by atoms with Gasteiger partial charge in [0.15, 0.2) is 0 Å². The van der Waals surface area contributed by atoms with E-state index >= 15 is 0 Å². The highest BCUT2D eigenvalue weighted by atomic mass is 32.1. The van der Waals surface area contributed by atoms with Crippen LogP contribution in [0.2, 0.25) is 0 Å². The quantitative estimate of drug-likeness (QED) is 0.727. The van der Waals surface area contributed by atoms with Crippen LogP contribution in [0.3, 0.4) is 0 Å². The maximum absolute atomic E-state index is 12.6. The smallest absolute Gasteiger partial charge is 0.264 e. The molecule has 0 aliphatic carbocycles. The van der Waals surface area contributed by atoms with E-state index in [-0.39, 0.29) is 11.9 Å². The summed E-state index contributed by atoms with van der Waals surface area (Å²) in [5.74, 6) is 0.599. The van der Waals surface area contributed by atoms with Crippen LogP contribution in [0, 0.1) is 0 Å². The maximum Gasteiger partial charge on any atom is 0.264 e. The molecule has 1 aliphatic heterocycles. The molecule has 1 amide bonds. The van der Waals surface area contributed by atoms with Crippen LogP contribution in [0.15, 0.2) is 41.9 Å². The molecule has 4 heterocycles. The largest absolute Gasteiger partial charge is 0.333 e. The number of amides is 1. The summed E-state index contributed by atoms with van der Waals surface area (Å²) < 4.78 is 0. The Labute approximate surface area is 142 Å². The molecular formula is C16H16N6OS. The first-order valence-electron chi connectivity index (χ1n) is 7.85. The van der Waals surface area contributed by atoms with Crippen molar-refractivity contribution < 1.29 is 4.79 Å². The van der Waals surface area contributed by atoms with Gasteiger partial charge in [0, 0.05) is 12.7 Å². The van der Waals surface area contributed by atoms with Crippen molar-refractivity contribution in [2.24, 2.45) is 0 Å². The molecule has 8 heteroatoms. The van der Waals surface area contributed by atoms with Gasteiger partial charge in [-0.2, -0.15) is 4.80 Å². The first-order valence-corrected chi connectivity index (χ1v) is 8.73. The second-order valence-corrected chi connectivity index (χ2v) is 6.60. The normalized spacial score (nSPS) is 17.3. The molecule has 3 aromatic heterocycles. The number of hydrogen-bond acceptors (Lipinski definition) is 6. The molecule has 4 rings (SSSR count). The number of carbonyl (C=O) groups excluding carboxylic acids is 1. The summed E-state index contributed by atoms with van der Waals surface area (Å²) in [7, 11) is 0. The van der Waals surface area contributed by atoms with Gasteiger partial charge >= 0.3 is 0 Å². The van der Waals surface area contributed by atoms with Crippen LogP contribution in [0.1, 0.15) is 22.5 Å². The molecule has 0 spiro atoms. The van der Waals surface area contributed by atoms with Gasteiger partial charge in [-0.15, -0.1) is 21.5 Å². The lowest BCUT2D eigenvalue weighted by atomic mass is 10.2. The zero-order chi connectivity index (χ0) is 16.4. The molecular weight excluding hydrogens is 324 g/mol. The molecule has 0 unspecified atom stereocenters. The highest BCUT2D eigenvalue weighted by Crippen LogP contribution is 2.23. The third-order valence-corrected chi connectivity index (χ3v) is 4.95. The Hall–Kier alpha value is -2.61. The molecule has 3 aromatic rings. The summed E-state index contributed by atoms with van der Waals surface area (Å²) in [6.45, 7) is 1.33. The Bertz CT molecular complexity index is 816. The average Bonchev–Trinajstić information content (AvgIpc) is 3.37. The first kappa shape index (κ1) is 14.9. The molecule has 1 saturated heterocycles. The number of likely N-dealkylation sites (tertiary alicyclic amines) is 1. The van der Waals surface area contributed by atoms with Gasteiger partial charge in [-0.3, -0.25) is 9.78 Å². The van der Waals surface area contributed by atoms with Gasteiger partial charge in [-0.1, -0.05) is 12.1 Å². The summed E-state index contributed by atoms with van der Waals surface area (Å²) in [5.41, 5.74) is 0.696. The molecule has 24 heavy (non-hydrogen) atoms. The molecule has 0 radical (unpaired) electrons. The van der Waals surface area contributed by atoms with Gasteiger partial charge in [-0.25, -0.2) is 0 Å². The van der Waals surface area contributed by atoms with Gasteiger partial charge in [0.2, 0.25) is 5.82 Å². The molecule has 1 fully saturated rings. The number of carbonyl (C=O) groups is 1. The zero-order valence-corrected chi connectivity index (χ0v) is 13.8. The Morgan fingerprint density at radius 1 is 1.29 bits per heavy atom. The van der Waals surface area contributed by atoms with Crippen molar-refractivity contribution in [3.63, 3.8) is 0 Å². The van der Waals surface area contributed by atoms with Crippen LogP contribution >= 0.6 is 11.3 Å². The fraction of sp³-hybridized carbons (Fsp3) is 0.312. The molecule has 1 atom stereocenters. The predicted octanol–water partition coefficient (Wildman–Crippen LogP) is 2.10. The number of hydrogen-bond donors (Lipinski definition) is 0. The van der Waals surface area contributed by atoms with Crippen LogP contribution < -0.4 is 0 Å². The summed E-state index contributed by atoms with van der Waals surface area (Å²) in [6.07, 6.45) is 3.66. The van der Waals surface area contributed by atoms with Crippen molar-refractivity contribution in [3.05, 3.63) is 46.8 Å². The minimum Gasteiger partial charge on any atom is -0.333 e. The molecule has 0 aromatic carbocycles. The number of thiophene rings is 1. The van der Waals surface area contributed by atoms with Gasteiger partial charge in [0.25, 0.3) is 5.91 Å². The van der Waals surface area contributed by atoms with Crippen LogP contribution in [-0.2, 0) is 6.54 Å². The van der Waals surface area contributed by atoms with E-state index in [0.717, 1.165) is 24.3 Å². The highest BCUT2D eigenvalue weighted by molar-refractivity contribution is 7.12. The Kier molecular flexibility index (Phi) is 4.04. The summed E-state index contributed by atoms with van der Waals surface area (Å²) in [5, 5.41) is 14.5. The van der Waals surface area contributed by atoms with E-state index in [2.05, 4.69) is 20.4 Å². The lowest BCUT2D eigenvalue weighted by Gasteiger charge is -2.23. The van der Waals surface area contributed by atoms with Gasteiger partial charge in [-0.05, 0) is 41.6 Å². The topological polar surface area (TPSA) is 76.8 Å². The molecule has 122 valence electrons. The summed E-state index contributed by atoms with van der Waals surface area (Å²) >= 11 is 1.48. The van der Waals surface area contributed by atoms with Gasteiger partial charge in [0.05, 0.1) is 17.5 Å². The van der Waals surface area contributed by atoms with Crippen molar-refractivity contribution in [1.29, 1.82) is 0 Å². The van der Waals surface area contributed by atoms with E-state index in [1.165, 1.54) is 11.3 Å². The highest BCUT2D eigenvalue weighted by Gasteiger charge is 2.30. The monoisotopic (exact) mass is 340 g/mol. The predicted molar refractivity (Wildman–Crippen MR) is 89.4 cm³/mol. The van der Waals surface area contributed by atoms with Gasteiger partial charge in [0.1, 0.15) is 5.69 Å². The fourth-order valence-corrected chi connectivity index (χ4v) is 3.62. The minimum atomic E-state index is 0.0950.